The minimum atomic E-state index is 0. The molecular weight excluding hydrogens is 296 g/mol. The third-order valence-corrected chi connectivity index (χ3v) is 4.89. The van der Waals surface area contributed by atoms with E-state index in [2.05, 4.69) is 40.5 Å². The summed E-state index contributed by atoms with van der Waals surface area (Å²) in [6, 6.07) is 11.5. The van der Waals surface area contributed by atoms with Crippen LogP contribution >= 0.6 is 12.4 Å². The summed E-state index contributed by atoms with van der Waals surface area (Å²) in [7, 11) is 0. The molecule has 4 heteroatoms. The Morgan fingerprint density at radius 2 is 2.00 bits per heavy atom. The Kier molecular flexibility index (Phi) is 6.71. The lowest BCUT2D eigenvalue weighted by Crippen LogP contribution is -2.39. The topological polar surface area (TPSA) is 32.3 Å². The molecule has 122 valence electrons. The Bertz CT molecular complexity index is 459. The molecule has 2 saturated heterocycles. The maximum Gasteiger partial charge on any atom is 0.224 e. The van der Waals surface area contributed by atoms with Crippen LogP contribution in [0, 0.1) is 0 Å². The van der Waals surface area contributed by atoms with Crippen LogP contribution in [0.1, 0.15) is 44.1 Å². The monoisotopic (exact) mass is 322 g/mol. The second kappa shape index (κ2) is 8.54. The SMILES string of the molecule is Cl.O=C(CC1CCCN1)N1CCCC1CCc1ccccc1. The first-order valence-corrected chi connectivity index (χ1v) is 8.40. The van der Waals surface area contributed by atoms with E-state index in [1.807, 2.05) is 0 Å². The van der Waals surface area contributed by atoms with Gasteiger partial charge in [-0.2, -0.15) is 0 Å². The van der Waals surface area contributed by atoms with Gasteiger partial charge in [0.2, 0.25) is 5.91 Å². The van der Waals surface area contributed by atoms with Crippen molar-refractivity contribution in [3.05, 3.63) is 35.9 Å². The summed E-state index contributed by atoms with van der Waals surface area (Å²) in [4.78, 5) is 14.7. The van der Waals surface area contributed by atoms with E-state index >= 15 is 0 Å². The lowest BCUT2D eigenvalue weighted by molar-refractivity contribution is -0.132. The summed E-state index contributed by atoms with van der Waals surface area (Å²) in [5.74, 6) is 0.366. The van der Waals surface area contributed by atoms with Crippen LogP contribution in [-0.2, 0) is 11.2 Å². The van der Waals surface area contributed by atoms with E-state index in [-0.39, 0.29) is 12.4 Å². The Labute approximate surface area is 139 Å². The van der Waals surface area contributed by atoms with Gasteiger partial charge in [-0.25, -0.2) is 0 Å². The number of likely N-dealkylation sites (tertiary alicyclic amines) is 1. The number of rotatable bonds is 5. The Balaban J connectivity index is 0.00000176. The number of carbonyl (C=O) groups is 1. The molecule has 0 aromatic heterocycles. The zero-order valence-corrected chi connectivity index (χ0v) is 14.0. The summed E-state index contributed by atoms with van der Waals surface area (Å²) < 4.78 is 0. The average molecular weight is 323 g/mol. The highest BCUT2D eigenvalue weighted by molar-refractivity contribution is 5.85. The normalized spacial score (nSPS) is 24.3. The molecule has 0 saturated carbocycles. The number of nitrogens with one attached hydrogen (secondary N) is 1. The van der Waals surface area contributed by atoms with Crippen LogP contribution < -0.4 is 5.32 Å². The number of hydrogen-bond acceptors (Lipinski definition) is 2. The first-order chi connectivity index (χ1) is 10.3. The molecular formula is C18H27ClN2O. The highest BCUT2D eigenvalue weighted by Gasteiger charge is 2.30. The van der Waals surface area contributed by atoms with Crippen LogP contribution in [-0.4, -0.2) is 36.0 Å². The molecule has 0 radical (unpaired) electrons. The van der Waals surface area contributed by atoms with Gasteiger partial charge in [-0.3, -0.25) is 4.79 Å². The number of aryl methyl sites for hydroxylation is 1. The standard InChI is InChI=1S/C18H26N2O.ClH/c21-18(14-16-8-4-12-19-16)20-13-5-9-17(20)11-10-15-6-2-1-3-7-15;/h1-3,6-7,16-17,19H,4-5,8-14H2;1H. The van der Waals surface area contributed by atoms with Gasteiger partial charge in [-0.1, -0.05) is 30.3 Å². The molecule has 1 N–H and O–H groups in total. The Morgan fingerprint density at radius 1 is 1.18 bits per heavy atom. The van der Waals surface area contributed by atoms with Crippen LogP contribution in [0.2, 0.25) is 0 Å². The molecule has 2 heterocycles. The number of benzene rings is 1. The van der Waals surface area contributed by atoms with Crippen LogP contribution in [0.25, 0.3) is 0 Å². The molecule has 2 unspecified atom stereocenters. The van der Waals surface area contributed by atoms with Crippen molar-refractivity contribution in [2.45, 2.75) is 57.0 Å². The molecule has 3 nitrogen and oxygen atoms in total. The highest BCUT2D eigenvalue weighted by Crippen LogP contribution is 2.24. The van der Waals surface area contributed by atoms with Gasteiger partial charge in [0, 0.05) is 25.0 Å². The second-order valence-corrected chi connectivity index (χ2v) is 6.40. The van der Waals surface area contributed by atoms with E-state index < -0.39 is 0 Å². The molecule has 22 heavy (non-hydrogen) atoms. The summed E-state index contributed by atoms with van der Waals surface area (Å²) in [6.07, 6.45) is 7.61. The predicted molar refractivity (Wildman–Crippen MR) is 92.4 cm³/mol. The lowest BCUT2D eigenvalue weighted by atomic mass is 10.0. The number of nitrogens with zero attached hydrogens (tertiary/aromatic N) is 1. The zero-order valence-electron chi connectivity index (χ0n) is 13.2. The summed E-state index contributed by atoms with van der Waals surface area (Å²) >= 11 is 0. The van der Waals surface area contributed by atoms with Gasteiger partial charge in [-0.05, 0) is 50.6 Å². The van der Waals surface area contributed by atoms with E-state index in [1.165, 1.54) is 24.8 Å². The third kappa shape index (κ3) is 4.47. The molecule has 0 spiro atoms. The van der Waals surface area contributed by atoms with Crippen molar-refractivity contribution in [1.82, 2.24) is 10.2 Å². The number of amides is 1. The molecule has 2 aliphatic rings. The van der Waals surface area contributed by atoms with Gasteiger partial charge >= 0.3 is 0 Å². The number of carbonyl (C=O) groups excluding carboxylic acids is 1. The molecule has 3 rings (SSSR count). The fourth-order valence-corrected chi connectivity index (χ4v) is 3.70. The van der Waals surface area contributed by atoms with Crippen LogP contribution in [0.3, 0.4) is 0 Å². The molecule has 2 atom stereocenters. The highest BCUT2D eigenvalue weighted by atomic mass is 35.5. The van der Waals surface area contributed by atoms with Crippen molar-refractivity contribution in [2.75, 3.05) is 13.1 Å². The maximum absolute atomic E-state index is 12.5. The molecule has 2 aliphatic heterocycles. The molecule has 2 fully saturated rings. The predicted octanol–water partition coefficient (Wildman–Crippen LogP) is 3.17. The lowest BCUT2D eigenvalue weighted by Gasteiger charge is -2.26. The zero-order chi connectivity index (χ0) is 14.5. The number of hydrogen-bond donors (Lipinski definition) is 1. The van der Waals surface area contributed by atoms with Gasteiger partial charge in [-0.15, -0.1) is 12.4 Å². The summed E-state index contributed by atoms with van der Waals surface area (Å²) in [5, 5.41) is 3.44. The largest absolute Gasteiger partial charge is 0.340 e. The van der Waals surface area contributed by atoms with Gasteiger partial charge in [0.05, 0.1) is 0 Å². The molecule has 1 amide bonds. The first kappa shape index (κ1) is 17.3. The van der Waals surface area contributed by atoms with Gasteiger partial charge in [0.15, 0.2) is 0 Å². The van der Waals surface area contributed by atoms with E-state index in [4.69, 9.17) is 0 Å². The molecule has 0 bridgehead atoms. The Hall–Kier alpha value is -1.06. The van der Waals surface area contributed by atoms with Gasteiger partial charge in [0.25, 0.3) is 0 Å². The first-order valence-electron chi connectivity index (χ1n) is 8.40. The molecule has 1 aromatic rings. The van der Waals surface area contributed by atoms with E-state index in [1.54, 1.807) is 0 Å². The third-order valence-electron chi connectivity index (χ3n) is 4.89. The van der Waals surface area contributed by atoms with Crippen molar-refractivity contribution < 1.29 is 4.79 Å². The van der Waals surface area contributed by atoms with E-state index in [0.29, 0.717) is 24.4 Å². The average Bonchev–Trinajstić information content (AvgIpc) is 3.17. The summed E-state index contributed by atoms with van der Waals surface area (Å²) in [6.45, 7) is 2.04. The van der Waals surface area contributed by atoms with E-state index in [0.717, 1.165) is 32.4 Å². The van der Waals surface area contributed by atoms with E-state index in [9.17, 15) is 4.79 Å². The van der Waals surface area contributed by atoms with Crippen LogP contribution in [0.15, 0.2) is 30.3 Å². The van der Waals surface area contributed by atoms with Crippen molar-refractivity contribution in [2.24, 2.45) is 0 Å². The second-order valence-electron chi connectivity index (χ2n) is 6.40. The van der Waals surface area contributed by atoms with Gasteiger partial charge in [0.1, 0.15) is 0 Å². The fourth-order valence-electron chi connectivity index (χ4n) is 3.70. The van der Waals surface area contributed by atoms with Crippen molar-refractivity contribution in [1.29, 1.82) is 0 Å². The summed E-state index contributed by atoms with van der Waals surface area (Å²) in [5.41, 5.74) is 1.38. The number of halogens is 1. The minimum Gasteiger partial charge on any atom is -0.340 e. The minimum absolute atomic E-state index is 0. The smallest absolute Gasteiger partial charge is 0.224 e. The van der Waals surface area contributed by atoms with Gasteiger partial charge < -0.3 is 10.2 Å². The fraction of sp³-hybridized carbons (Fsp3) is 0.611. The molecule has 0 aliphatic carbocycles. The van der Waals surface area contributed by atoms with Crippen LogP contribution in [0.5, 0.6) is 0 Å². The van der Waals surface area contributed by atoms with Crippen molar-refractivity contribution >= 4 is 18.3 Å². The molecule has 1 aromatic carbocycles. The van der Waals surface area contributed by atoms with Crippen LogP contribution in [0.4, 0.5) is 0 Å². The van der Waals surface area contributed by atoms with Crippen molar-refractivity contribution in [3.8, 4) is 0 Å². The maximum atomic E-state index is 12.5. The quantitative estimate of drug-likeness (QED) is 0.903. The Morgan fingerprint density at radius 3 is 2.73 bits per heavy atom. The van der Waals surface area contributed by atoms with Crippen molar-refractivity contribution in [3.63, 3.8) is 0 Å².